The van der Waals surface area contributed by atoms with Gasteiger partial charge in [0.15, 0.2) is 5.13 Å². The number of thiazole rings is 1. The molecule has 3 N–H and O–H groups in total. The topological polar surface area (TPSA) is 50.9 Å². The lowest BCUT2D eigenvalue weighted by atomic mass is 10.1. The van der Waals surface area contributed by atoms with E-state index in [0.717, 1.165) is 16.8 Å². The number of para-hydroxylation sites is 1. The first kappa shape index (κ1) is 13.7. The fourth-order valence-electron chi connectivity index (χ4n) is 2.00. The van der Waals surface area contributed by atoms with E-state index in [1.807, 2.05) is 29.6 Å². The molecule has 2 aromatic carbocycles. The van der Waals surface area contributed by atoms with Crippen molar-refractivity contribution in [1.29, 1.82) is 0 Å². The zero-order valence-electron chi connectivity index (χ0n) is 11.2. The second kappa shape index (κ2) is 6.03. The van der Waals surface area contributed by atoms with Crippen LogP contribution in [-0.2, 0) is 6.54 Å². The van der Waals surface area contributed by atoms with Crippen LogP contribution in [0.15, 0.2) is 53.9 Å². The molecule has 0 aliphatic heterocycles. The highest BCUT2D eigenvalue weighted by Crippen LogP contribution is 2.28. The minimum Gasteiger partial charge on any atom is -0.329 e. The fourth-order valence-corrected chi connectivity index (χ4v) is 2.73. The molecule has 5 heteroatoms. The van der Waals surface area contributed by atoms with Crippen molar-refractivity contribution < 1.29 is 4.39 Å². The maximum Gasteiger partial charge on any atom is 0.187 e. The molecule has 0 aliphatic rings. The number of nitrogens with one attached hydrogen (secondary N) is 1. The van der Waals surface area contributed by atoms with Gasteiger partial charge in [-0.1, -0.05) is 30.3 Å². The van der Waals surface area contributed by atoms with E-state index in [-0.39, 0.29) is 5.82 Å². The van der Waals surface area contributed by atoms with Gasteiger partial charge in [0.05, 0.1) is 11.4 Å². The Morgan fingerprint density at radius 2 is 2.00 bits per heavy atom. The van der Waals surface area contributed by atoms with Gasteiger partial charge >= 0.3 is 0 Å². The maximum absolute atomic E-state index is 13.6. The van der Waals surface area contributed by atoms with Crippen LogP contribution in [0.25, 0.3) is 11.3 Å². The summed E-state index contributed by atoms with van der Waals surface area (Å²) in [5, 5.41) is 5.60. The molecule has 0 bridgehead atoms. The Morgan fingerprint density at radius 1 is 1.14 bits per heavy atom. The molecule has 21 heavy (non-hydrogen) atoms. The first-order valence-electron chi connectivity index (χ1n) is 6.53. The highest BCUT2D eigenvalue weighted by atomic mass is 32.1. The fraction of sp³-hybridized carbons (Fsp3) is 0.0625. The number of hydrogen-bond donors (Lipinski definition) is 2. The quantitative estimate of drug-likeness (QED) is 0.761. The molecule has 0 amide bonds. The van der Waals surface area contributed by atoms with E-state index < -0.39 is 0 Å². The van der Waals surface area contributed by atoms with Gasteiger partial charge in [-0.05, 0) is 23.8 Å². The predicted molar refractivity (Wildman–Crippen MR) is 85.1 cm³/mol. The van der Waals surface area contributed by atoms with Crippen LogP contribution >= 0.6 is 11.3 Å². The highest BCUT2D eigenvalue weighted by molar-refractivity contribution is 7.14. The van der Waals surface area contributed by atoms with Crippen molar-refractivity contribution in [3.63, 3.8) is 0 Å². The average molecular weight is 299 g/mol. The van der Waals surface area contributed by atoms with Crippen LogP contribution in [0.5, 0.6) is 0 Å². The lowest BCUT2D eigenvalue weighted by molar-refractivity contribution is 0.632. The SMILES string of the molecule is NCc1cccc(-c2csc(Nc3ccccc3F)n2)c1. The lowest BCUT2D eigenvalue weighted by Crippen LogP contribution is -1.96. The van der Waals surface area contributed by atoms with E-state index in [0.29, 0.717) is 17.4 Å². The number of hydrogen-bond acceptors (Lipinski definition) is 4. The van der Waals surface area contributed by atoms with Gasteiger partial charge in [0, 0.05) is 17.5 Å². The first-order chi connectivity index (χ1) is 10.3. The van der Waals surface area contributed by atoms with Crippen molar-refractivity contribution in [3.8, 4) is 11.3 Å². The lowest BCUT2D eigenvalue weighted by Gasteiger charge is -2.03. The molecule has 0 saturated carbocycles. The number of aromatic nitrogens is 1. The van der Waals surface area contributed by atoms with Crippen LogP contribution in [0.3, 0.4) is 0 Å². The second-order valence-electron chi connectivity index (χ2n) is 4.55. The molecule has 1 aromatic heterocycles. The standard InChI is InChI=1S/C16H14FN3S/c17-13-6-1-2-7-14(13)19-16-20-15(10-21-16)12-5-3-4-11(8-12)9-18/h1-8,10H,9,18H2,(H,19,20). The normalized spacial score (nSPS) is 10.6. The molecular weight excluding hydrogens is 285 g/mol. The number of rotatable bonds is 4. The summed E-state index contributed by atoms with van der Waals surface area (Å²) in [6, 6.07) is 14.5. The maximum atomic E-state index is 13.6. The summed E-state index contributed by atoms with van der Waals surface area (Å²) < 4.78 is 13.6. The zero-order valence-corrected chi connectivity index (χ0v) is 12.0. The van der Waals surface area contributed by atoms with Gasteiger partial charge in [0.25, 0.3) is 0 Å². The van der Waals surface area contributed by atoms with Gasteiger partial charge in [-0.25, -0.2) is 9.37 Å². The smallest absolute Gasteiger partial charge is 0.187 e. The summed E-state index contributed by atoms with van der Waals surface area (Å²) in [5.41, 5.74) is 9.00. The summed E-state index contributed by atoms with van der Waals surface area (Å²) in [4.78, 5) is 4.49. The van der Waals surface area contributed by atoms with Gasteiger partial charge in [-0.3, -0.25) is 0 Å². The van der Waals surface area contributed by atoms with Gasteiger partial charge < -0.3 is 11.1 Å². The number of nitrogens with zero attached hydrogens (tertiary/aromatic N) is 1. The summed E-state index contributed by atoms with van der Waals surface area (Å²) >= 11 is 1.44. The highest BCUT2D eigenvalue weighted by Gasteiger charge is 2.07. The van der Waals surface area contributed by atoms with Crippen molar-refractivity contribution in [2.45, 2.75) is 6.54 Å². The molecule has 3 aromatic rings. The van der Waals surface area contributed by atoms with Gasteiger partial charge in [0.2, 0.25) is 0 Å². The Kier molecular flexibility index (Phi) is 3.94. The first-order valence-corrected chi connectivity index (χ1v) is 7.40. The third kappa shape index (κ3) is 3.09. The average Bonchev–Trinajstić information content (AvgIpc) is 2.98. The van der Waals surface area contributed by atoms with E-state index >= 15 is 0 Å². The zero-order chi connectivity index (χ0) is 14.7. The van der Waals surface area contributed by atoms with Crippen LogP contribution < -0.4 is 11.1 Å². The number of benzene rings is 2. The third-order valence-corrected chi connectivity index (χ3v) is 3.84. The molecule has 3 rings (SSSR count). The van der Waals surface area contributed by atoms with Crippen LogP contribution in [0.1, 0.15) is 5.56 Å². The van der Waals surface area contributed by atoms with E-state index in [9.17, 15) is 4.39 Å². The Hall–Kier alpha value is -2.24. The molecular formula is C16H14FN3S. The van der Waals surface area contributed by atoms with Crippen molar-refractivity contribution in [2.75, 3.05) is 5.32 Å². The Balaban J connectivity index is 1.85. The van der Waals surface area contributed by atoms with Crippen molar-refractivity contribution in [1.82, 2.24) is 4.98 Å². The minimum absolute atomic E-state index is 0.292. The third-order valence-electron chi connectivity index (χ3n) is 3.08. The van der Waals surface area contributed by atoms with Gasteiger partial charge in [0.1, 0.15) is 5.82 Å². The molecule has 0 atom stereocenters. The summed E-state index contributed by atoms with van der Waals surface area (Å²) in [7, 11) is 0. The minimum atomic E-state index is -0.292. The van der Waals surface area contributed by atoms with Crippen molar-refractivity contribution in [2.24, 2.45) is 5.73 Å². The summed E-state index contributed by atoms with van der Waals surface area (Å²) in [6.07, 6.45) is 0. The summed E-state index contributed by atoms with van der Waals surface area (Å²) in [5.74, 6) is -0.292. The Morgan fingerprint density at radius 3 is 2.81 bits per heavy atom. The molecule has 1 heterocycles. The van der Waals surface area contributed by atoms with E-state index in [2.05, 4.69) is 10.3 Å². The number of nitrogens with two attached hydrogens (primary N) is 1. The molecule has 0 unspecified atom stereocenters. The Bertz CT molecular complexity index is 755. The van der Waals surface area contributed by atoms with Crippen LogP contribution in [0.2, 0.25) is 0 Å². The number of halogens is 1. The van der Waals surface area contributed by atoms with Crippen LogP contribution in [-0.4, -0.2) is 4.98 Å². The van der Waals surface area contributed by atoms with E-state index in [1.165, 1.54) is 17.4 Å². The van der Waals surface area contributed by atoms with E-state index in [1.54, 1.807) is 18.2 Å². The molecule has 0 aliphatic carbocycles. The molecule has 3 nitrogen and oxygen atoms in total. The number of anilines is 2. The van der Waals surface area contributed by atoms with Crippen LogP contribution in [0, 0.1) is 5.82 Å². The second-order valence-corrected chi connectivity index (χ2v) is 5.41. The summed E-state index contributed by atoms with van der Waals surface area (Å²) in [6.45, 7) is 0.498. The van der Waals surface area contributed by atoms with Gasteiger partial charge in [-0.15, -0.1) is 11.3 Å². The molecule has 0 saturated heterocycles. The van der Waals surface area contributed by atoms with E-state index in [4.69, 9.17) is 5.73 Å². The monoisotopic (exact) mass is 299 g/mol. The van der Waals surface area contributed by atoms with Crippen molar-refractivity contribution in [3.05, 3.63) is 65.3 Å². The van der Waals surface area contributed by atoms with Crippen molar-refractivity contribution >= 4 is 22.2 Å². The van der Waals surface area contributed by atoms with Gasteiger partial charge in [-0.2, -0.15) is 0 Å². The Labute approximate surface area is 126 Å². The molecule has 0 spiro atoms. The molecule has 0 fully saturated rings. The largest absolute Gasteiger partial charge is 0.329 e. The van der Waals surface area contributed by atoms with Crippen LogP contribution in [0.4, 0.5) is 15.2 Å². The molecule has 0 radical (unpaired) electrons. The predicted octanol–water partition coefficient (Wildman–Crippen LogP) is 4.15. The molecule has 106 valence electrons.